The summed E-state index contributed by atoms with van der Waals surface area (Å²) in [7, 11) is 0. The fraction of sp³-hybridized carbons (Fsp3) is 0.227. The molecule has 0 radical (unpaired) electrons. The number of carbonyl (C=O) groups excluding carboxylic acids is 2. The summed E-state index contributed by atoms with van der Waals surface area (Å²) >= 11 is 0. The topological polar surface area (TPSA) is 123 Å². The number of imide groups is 1. The molecule has 2 aromatic carbocycles. The van der Waals surface area contributed by atoms with Gasteiger partial charge in [-0.05, 0) is 55.2 Å². The van der Waals surface area contributed by atoms with Gasteiger partial charge in [0.2, 0.25) is 0 Å². The summed E-state index contributed by atoms with van der Waals surface area (Å²) in [6.07, 6.45) is 0. The number of rotatable bonds is 4. The molecule has 3 aromatic rings. The zero-order chi connectivity index (χ0) is 22.5. The number of hydrogen-bond acceptors (Lipinski definition) is 6. The third-order valence-electron chi connectivity index (χ3n) is 5.68. The van der Waals surface area contributed by atoms with E-state index in [9.17, 15) is 24.5 Å². The quantitative estimate of drug-likeness (QED) is 0.298. The summed E-state index contributed by atoms with van der Waals surface area (Å²) in [5.74, 6) is -0.566. The molecular formula is C22H19N3O6. The number of nitrogens with one attached hydrogen (secondary N) is 1. The minimum Gasteiger partial charge on any atom is -0.423 e. The van der Waals surface area contributed by atoms with Gasteiger partial charge in [0, 0.05) is 23.6 Å². The van der Waals surface area contributed by atoms with Crippen molar-refractivity contribution in [1.82, 2.24) is 10.2 Å². The van der Waals surface area contributed by atoms with E-state index in [1.807, 2.05) is 19.9 Å². The second-order valence-corrected chi connectivity index (χ2v) is 7.78. The summed E-state index contributed by atoms with van der Waals surface area (Å²) in [4.78, 5) is 49.5. The van der Waals surface area contributed by atoms with Crippen molar-refractivity contribution in [3.63, 3.8) is 0 Å². The lowest BCUT2D eigenvalue weighted by molar-refractivity contribution is -0.385. The molecule has 1 aromatic heterocycles. The molecule has 1 unspecified atom stereocenters. The summed E-state index contributed by atoms with van der Waals surface area (Å²) in [5, 5.41) is 14.4. The van der Waals surface area contributed by atoms with Crippen LogP contribution in [0.2, 0.25) is 0 Å². The number of fused-ring (bicyclic) bond motifs is 1. The van der Waals surface area contributed by atoms with Gasteiger partial charge in [-0.3, -0.25) is 19.8 Å². The smallest absolute Gasteiger partial charge is 0.336 e. The van der Waals surface area contributed by atoms with Crippen molar-refractivity contribution in [2.75, 3.05) is 0 Å². The van der Waals surface area contributed by atoms with Crippen LogP contribution < -0.4 is 10.9 Å². The molecule has 1 saturated heterocycles. The number of hydrogen-bond donors (Lipinski definition) is 1. The van der Waals surface area contributed by atoms with Crippen molar-refractivity contribution >= 4 is 28.6 Å². The number of nitro benzene ring substituents is 1. The van der Waals surface area contributed by atoms with Crippen LogP contribution in [-0.4, -0.2) is 21.8 Å². The second-order valence-electron chi connectivity index (χ2n) is 7.78. The predicted molar refractivity (Wildman–Crippen MR) is 111 cm³/mol. The Kier molecular flexibility index (Phi) is 4.61. The fourth-order valence-corrected chi connectivity index (χ4v) is 3.75. The Bertz CT molecular complexity index is 1330. The molecule has 158 valence electrons. The summed E-state index contributed by atoms with van der Waals surface area (Å²) < 4.78 is 5.28. The third kappa shape index (κ3) is 3.33. The molecule has 9 nitrogen and oxygen atoms in total. The number of aryl methyl sites for hydroxylation is 2. The van der Waals surface area contributed by atoms with Gasteiger partial charge >= 0.3 is 11.7 Å². The first-order chi connectivity index (χ1) is 14.6. The molecule has 1 fully saturated rings. The monoisotopic (exact) mass is 421 g/mol. The van der Waals surface area contributed by atoms with Crippen LogP contribution in [0.15, 0.2) is 51.7 Å². The summed E-state index contributed by atoms with van der Waals surface area (Å²) in [6.45, 7) is 5.16. The number of benzene rings is 2. The highest BCUT2D eigenvalue weighted by Gasteiger charge is 2.49. The van der Waals surface area contributed by atoms with Gasteiger partial charge in [0.15, 0.2) is 0 Å². The van der Waals surface area contributed by atoms with Crippen molar-refractivity contribution in [3.8, 4) is 0 Å². The Labute approximate surface area is 176 Å². The number of carbonyl (C=O) groups is 2. The van der Waals surface area contributed by atoms with E-state index in [4.69, 9.17) is 4.42 Å². The maximum Gasteiger partial charge on any atom is 0.336 e. The van der Waals surface area contributed by atoms with Gasteiger partial charge in [0.05, 0.1) is 11.5 Å². The Balaban J connectivity index is 1.74. The fourth-order valence-electron chi connectivity index (χ4n) is 3.75. The van der Waals surface area contributed by atoms with Crippen LogP contribution in [-0.2, 0) is 16.9 Å². The van der Waals surface area contributed by atoms with Crippen LogP contribution in [0.3, 0.4) is 0 Å². The highest BCUT2D eigenvalue weighted by Crippen LogP contribution is 2.32. The molecule has 0 bridgehead atoms. The maximum atomic E-state index is 13.2. The molecule has 9 heteroatoms. The van der Waals surface area contributed by atoms with Crippen molar-refractivity contribution < 1.29 is 18.9 Å². The highest BCUT2D eigenvalue weighted by atomic mass is 16.6. The molecule has 0 saturated carbocycles. The van der Waals surface area contributed by atoms with E-state index in [1.54, 1.807) is 12.1 Å². The zero-order valence-corrected chi connectivity index (χ0v) is 17.1. The van der Waals surface area contributed by atoms with E-state index in [0.29, 0.717) is 22.1 Å². The van der Waals surface area contributed by atoms with Crippen LogP contribution >= 0.6 is 0 Å². The SMILES string of the molecule is Cc1cc2oc(=O)cc(CN3C(=O)NC(C)(c4cccc([N+](=O)[O-])c4)C3=O)c2cc1C. The van der Waals surface area contributed by atoms with Crippen molar-refractivity contribution in [2.45, 2.75) is 32.9 Å². The molecule has 3 amide bonds. The first-order valence-electron chi connectivity index (χ1n) is 9.53. The standard InChI is InChI=1S/C22H19N3O6/c1-12-7-17-14(9-19(26)31-18(17)8-13(12)2)11-24-20(27)22(3,23-21(24)28)15-5-4-6-16(10-15)25(29)30/h4-10H,11H2,1-3H3,(H,23,28). The van der Waals surface area contributed by atoms with E-state index in [2.05, 4.69) is 5.32 Å². The van der Waals surface area contributed by atoms with Gasteiger partial charge in [-0.1, -0.05) is 12.1 Å². The number of amides is 3. The summed E-state index contributed by atoms with van der Waals surface area (Å²) in [6, 6.07) is 9.79. The van der Waals surface area contributed by atoms with E-state index in [0.717, 1.165) is 16.0 Å². The zero-order valence-electron chi connectivity index (χ0n) is 17.1. The Morgan fingerprint density at radius 1 is 1.10 bits per heavy atom. The molecule has 0 aliphatic carbocycles. The first kappa shape index (κ1) is 20.3. The minimum atomic E-state index is -1.47. The number of urea groups is 1. The van der Waals surface area contributed by atoms with Gasteiger partial charge in [-0.2, -0.15) is 0 Å². The number of non-ortho nitro benzene ring substituents is 1. The summed E-state index contributed by atoms with van der Waals surface area (Å²) in [5.41, 5.74) is 0.829. The van der Waals surface area contributed by atoms with Gasteiger partial charge in [-0.25, -0.2) is 9.59 Å². The van der Waals surface area contributed by atoms with Crippen molar-refractivity contribution in [1.29, 1.82) is 0 Å². The minimum absolute atomic E-state index is 0.139. The molecule has 4 rings (SSSR count). The van der Waals surface area contributed by atoms with Gasteiger partial charge in [-0.15, -0.1) is 0 Å². The van der Waals surface area contributed by atoms with Gasteiger partial charge in [0.1, 0.15) is 11.1 Å². The lowest BCUT2D eigenvalue weighted by Gasteiger charge is -2.22. The predicted octanol–water partition coefficient (Wildman–Crippen LogP) is 3.29. The number of nitrogens with zero attached hydrogens (tertiary/aromatic N) is 2. The van der Waals surface area contributed by atoms with Gasteiger partial charge < -0.3 is 9.73 Å². The Hall–Kier alpha value is -4.01. The molecule has 2 heterocycles. The van der Waals surface area contributed by atoms with Crippen LogP contribution in [0.5, 0.6) is 0 Å². The average Bonchev–Trinajstić information content (AvgIpc) is 2.93. The number of nitro groups is 1. The van der Waals surface area contributed by atoms with Crippen molar-refractivity contribution in [2.24, 2.45) is 0 Å². The van der Waals surface area contributed by atoms with Crippen LogP contribution in [0, 0.1) is 24.0 Å². The third-order valence-corrected chi connectivity index (χ3v) is 5.68. The molecule has 1 aliphatic rings. The Morgan fingerprint density at radius 3 is 2.52 bits per heavy atom. The molecule has 1 N–H and O–H groups in total. The lowest BCUT2D eigenvalue weighted by atomic mass is 9.91. The van der Waals surface area contributed by atoms with E-state index in [-0.39, 0.29) is 12.2 Å². The van der Waals surface area contributed by atoms with Crippen LogP contribution in [0.1, 0.15) is 29.2 Å². The molecule has 1 atom stereocenters. The molecule has 1 aliphatic heterocycles. The van der Waals surface area contributed by atoms with Crippen LogP contribution in [0.4, 0.5) is 10.5 Å². The average molecular weight is 421 g/mol. The molecule has 31 heavy (non-hydrogen) atoms. The highest BCUT2D eigenvalue weighted by molar-refractivity contribution is 6.07. The van der Waals surface area contributed by atoms with E-state index in [1.165, 1.54) is 31.2 Å². The Morgan fingerprint density at radius 2 is 1.81 bits per heavy atom. The second kappa shape index (κ2) is 7.05. The largest absolute Gasteiger partial charge is 0.423 e. The lowest BCUT2D eigenvalue weighted by Crippen LogP contribution is -2.40. The first-order valence-corrected chi connectivity index (χ1v) is 9.53. The van der Waals surface area contributed by atoms with E-state index < -0.39 is 28.0 Å². The molecule has 0 spiro atoms. The van der Waals surface area contributed by atoms with Crippen molar-refractivity contribution in [3.05, 3.63) is 85.3 Å². The molecular weight excluding hydrogens is 402 g/mol. The van der Waals surface area contributed by atoms with Crippen LogP contribution in [0.25, 0.3) is 11.0 Å². The maximum absolute atomic E-state index is 13.2. The van der Waals surface area contributed by atoms with E-state index >= 15 is 0 Å². The normalized spacial score (nSPS) is 18.5. The van der Waals surface area contributed by atoms with Gasteiger partial charge in [0.25, 0.3) is 11.6 Å².